The van der Waals surface area contributed by atoms with Gasteiger partial charge in [-0.05, 0) is 42.9 Å². The van der Waals surface area contributed by atoms with Crippen molar-refractivity contribution >= 4 is 15.9 Å². The normalized spacial score (nSPS) is 10.8. The van der Waals surface area contributed by atoms with E-state index in [4.69, 9.17) is 0 Å². The fourth-order valence-corrected chi connectivity index (χ4v) is 2.17. The second kappa shape index (κ2) is 5.48. The molecule has 17 heavy (non-hydrogen) atoms. The van der Waals surface area contributed by atoms with Crippen LogP contribution in [0.5, 0.6) is 0 Å². The van der Waals surface area contributed by atoms with Crippen LogP contribution in [0.4, 0.5) is 0 Å². The predicted molar refractivity (Wildman–Crippen MR) is 77.0 cm³/mol. The van der Waals surface area contributed by atoms with Gasteiger partial charge in [-0.3, -0.25) is 0 Å². The van der Waals surface area contributed by atoms with E-state index in [9.17, 15) is 0 Å². The Kier molecular flexibility index (Phi) is 3.97. The number of rotatable bonds is 3. The van der Waals surface area contributed by atoms with Crippen LogP contribution in [0.2, 0.25) is 0 Å². The molecule has 0 amide bonds. The number of hydrogen-bond donors (Lipinski definition) is 0. The molecule has 0 atom stereocenters. The summed E-state index contributed by atoms with van der Waals surface area (Å²) in [6.45, 7) is 0.965. The van der Waals surface area contributed by atoms with E-state index in [1.807, 2.05) is 0 Å². The lowest BCUT2D eigenvalue weighted by atomic mass is 9.99. The maximum atomic E-state index is 3.47. The summed E-state index contributed by atoms with van der Waals surface area (Å²) in [6.07, 6.45) is 0. The molecule has 0 spiro atoms. The van der Waals surface area contributed by atoms with Gasteiger partial charge in [-0.25, -0.2) is 0 Å². The van der Waals surface area contributed by atoms with Gasteiger partial charge in [0.05, 0.1) is 0 Å². The highest BCUT2D eigenvalue weighted by atomic mass is 79.9. The molecule has 0 heterocycles. The standard InChI is InChI=1S/C15H16BrN/c1-17(2)11-13-5-3-4-6-15(13)12-7-9-14(16)10-8-12/h3-10H,11H2,1-2H3. The van der Waals surface area contributed by atoms with Gasteiger partial charge >= 0.3 is 0 Å². The highest BCUT2D eigenvalue weighted by Crippen LogP contribution is 2.25. The molecular formula is C15H16BrN. The fraction of sp³-hybridized carbons (Fsp3) is 0.200. The maximum absolute atomic E-state index is 3.47. The van der Waals surface area contributed by atoms with E-state index in [2.05, 4.69) is 83.5 Å². The molecule has 0 aliphatic heterocycles. The minimum Gasteiger partial charge on any atom is -0.305 e. The van der Waals surface area contributed by atoms with E-state index in [1.165, 1.54) is 16.7 Å². The molecule has 0 aliphatic rings. The first kappa shape index (κ1) is 12.3. The van der Waals surface area contributed by atoms with Crippen molar-refractivity contribution < 1.29 is 0 Å². The monoisotopic (exact) mass is 289 g/mol. The van der Waals surface area contributed by atoms with E-state index in [0.717, 1.165) is 11.0 Å². The Bertz CT molecular complexity index is 489. The minimum atomic E-state index is 0.965. The molecule has 2 aromatic carbocycles. The molecule has 0 saturated heterocycles. The molecule has 0 radical (unpaired) electrons. The lowest BCUT2D eigenvalue weighted by Crippen LogP contribution is -2.11. The zero-order chi connectivity index (χ0) is 12.3. The third-order valence-electron chi connectivity index (χ3n) is 2.66. The Labute approximate surface area is 111 Å². The Hall–Kier alpha value is -1.12. The van der Waals surface area contributed by atoms with Gasteiger partial charge in [0, 0.05) is 11.0 Å². The summed E-state index contributed by atoms with van der Waals surface area (Å²) in [6, 6.07) is 17.0. The van der Waals surface area contributed by atoms with Gasteiger partial charge in [0.2, 0.25) is 0 Å². The van der Waals surface area contributed by atoms with Gasteiger partial charge in [-0.1, -0.05) is 52.3 Å². The van der Waals surface area contributed by atoms with Gasteiger partial charge < -0.3 is 4.90 Å². The summed E-state index contributed by atoms with van der Waals surface area (Å²) < 4.78 is 1.12. The van der Waals surface area contributed by atoms with Gasteiger partial charge in [0.1, 0.15) is 0 Å². The van der Waals surface area contributed by atoms with Crippen LogP contribution < -0.4 is 0 Å². The Morgan fingerprint density at radius 3 is 2.24 bits per heavy atom. The van der Waals surface area contributed by atoms with E-state index in [1.54, 1.807) is 0 Å². The topological polar surface area (TPSA) is 3.24 Å². The average Bonchev–Trinajstić information content (AvgIpc) is 2.30. The van der Waals surface area contributed by atoms with Crippen molar-refractivity contribution in [2.24, 2.45) is 0 Å². The van der Waals surface area contributed by atoms with Crippen LogP contribution in [-0.2, 0) is 6.54 Å². The molecule has 2 aromatic rings. The van der Waals surface area contributed by atoms with Crippen molar-refractivity contribution in [3.05, 3.63) is 58.6 Å². The number of benzene rings is 2. The molecule has 2 rings (SSSR count). The zero-order valence-electron chi connectivity index (χ0n) is 10.2. The van der Waals surface area contributed by atoms with Crippen LogP contribution in [0.3, 0.4) is 0 Å². The summed E-state index contributed by atoms with van der Waals surface area (Å²) in [7, 11) is 4.19. The van der Waals surface area contributed by atoms with Crippen LogP contribution in [-0.4, -0.2) is 19.0 Å². The average molecular weight is 290 g/mol. The SMILES string of the molecule is CN(C)Cc1ccccc1-c1ccc(Br)cc1. The Balaban J connectivity index is 2.40. The largest absolute Gasteiger partial charge is 0.305 e. The maximum Gasteiger partial charge on any atom is 0.0233 e. The van der Waals surface area contributed by atoms with E-state index in [-0.39, 0.29) is 0 Å². The molecule has 88 valence electrons. The molecule has 0 N–H and O–H groups in total. The third-order valence-corrected chi connectivity index (χ3v) is 3.19. The van der Waals surface area contributed by atoms with Crippen molar-refractivity contribution in [1.29, 1.82) is 0 Å². The van der Waals surface area contributed by atoms with Crippen molar-refractivity contribution in [2.45, 2.75) is 6.54 Å². The van der Waals surface area contributed by atoms with Crippen LogP contribution in [0.25, 0.3) is 11.1 Å². The Morgan fingerprint density at radius 1 is 0.941 bits per heavy atom. The van der Waals surface area contributed by atoms with Crippen LogP contribution in [0.1, 0.15) is 5.56 Å². The molecule has 0 saturated carbocycles. The number of hydrogen-bond acceptors (Lipinski definition) is 1. The summed E-state index contributed by atoms with van der Waals surface area (Å²) >= 11 is 3.47. The van der Waals surface area contributed by atoms with Crippen LogP contribution >= 0.6 is 15.9 Å². The molecular weight excluding hydrogens is 274 g/mol. The molecule has 0 aliphatic carbocycles. The quantitative estimate of drug-likeness (QED) is 0.819. The summed E-state index contributed by atoms with van der Waals surface area (Å²) in [5, 5.41) is 0. The summed E-state index contributed by atoms with van der Waals surface area (Å²) in [5.74, 6) is 0. The second-order valence-corrected chi connectivity index (χ2v) is 5.32. The van der Waals surface area contributed by atoms with E-state index >= 15 is 0 Å². The second-order valence-electron chi connectivity index (χ2n) is 4.40. The van der Waals surface area contributed by atoms with Crippen LogP contribution in [0, 0.1) is 0 Å². The summed E-state index contributed by atoms with van der Waals surface area (Å²) in [5.41, 5.74) is 3.94. The summed E-state index contributed by atoms with van der Waals surface area (Å²) in [4.78, 5) is 2.19. The fourth-order valence-electron chi connectivity index (χ4n) is 1.91. The van der Waals surface area contributed by atoms with Crippen molar-refractivity contribution in [2.75, 3.05) is 14.1 Å². The molecule has 0 bridgehead atoms. The van der Waals surface area contributed by atoms with Crippen molar-refractivity contribution in [1.82, 2.24) is 4.90 Å². The first-order valence-corrected chi connectivity index (χ1v) is 6.44. The molecule has 2 heteroatoms. The number of halogens is 1. The molecule has 0 fully saturated rings. The van der Waals surface area contributed by atoms with Gasteiger partial charge in [0.15, 0.2) is 0 Å². The van der Waals surface area contributed by atoms with Gasteiger partial charge in [0.25, 0.3) is 0 Å². The van der Waals surface area contributed by atoms with E-state index < -0.39 is 0 Å². The first-order chi connectivity index (χ1) is 8.16. The molecule has 0 aromatic heterocycles. The zero-order valence-corrected chi connectivity index (χ0v) is 11.7. The lowest BCUT2D eigenvalue weighted by molar-refractivity contribution is 0.403. The first-order valence-electron chi connectivity index (χ1n) is 5.65. The van der Waals surface area contributed by atoms with Crippen molar-refractivity contribution in [3.63, 3.8) is 0 Å². The Morgan fingerprint density at radius 2 is 1.59 bits per heavy atom. The van der Waals surface area contributed by atoms with Gasteiger partial charge in [-0.2, -0.15) is 0 Å². The van der Waals surface area contributed by atoms with Crippen molar-refractivity contribution in [3.8, 4) is 11.1 Å². The number of nitrogens with zero attached hydrogens (tertiary/aromatic N) is 1. The molecule has 1 nitrogen and oxygen atoms in total. The van der Waals surface area contributed by atoms with E-state index in [0.29, 0.717) is 0 Å². The lowest BCUT2D eigenvalue weighted by Gasteiger charge is -2.14. The highest BCUT2D eigenvalue weighted by Gasteiger charge is 2.04. The predicted octanol–water partition coefficient (Wildman–Crippen LogP) is 4.18. The van der Waals surface area contributed by atoms with Crippen LogP contribution in [0.15, 0.2) is 53.0 Å². The van der Waals surface area contributed by atoms with Gasteiger partial charge in [-0.15, -0.1) is 0 Å². The smallest absolute Gasteiger partial charge is 0.0233 e. The minimum absolute atomic E-state index is 0.965. The third kappa shape index (κ3) is 3.18. The highest BCUT2D eigenvalue weighted by molar-refractivity contribution is 9.10. The molecule has 0 unspecified atom stereocenters.